The van der Waals surface area contributed by atoms with Crippen LogP contribution >= 0.6 is 0 Å². The van der Waals surface area contributed by atoms with E-state index in [1.54, 1.807) is 7.11 Å². The largest absolute Gasteiger partial charge is 0.495 e. The quantitative estimate of drug-likeness (QED) is 0.507. The number of nitrogens with zero attached hydrogens (tertiary/aromatic N) is 4. The second-order valence-corrected chi connectivity index (χ2v) is 8.03. The van der Waals surface area contributed by atoms with Crippen LogP contribution in [-0.2, 0) is 11.3 Å². The van der Waals surface area contributed by atoms with E-state index < -0.39 is 0 Å². The van der Waals surface area contributed by atoms with Gasteiger partial charge in [-0.1, -0.05) is 18.2 Å². The lowest BCUT2D eigenvalue weighted by Gasteiger charge is -2.29. The zero-order valence-corrected chi connectivity index (χ0v) is 19.1. The SMILES string of the molecule is CCNC(=NCc1cccnc1N1CCOCC1)NC1CCN(c2ccccc2OC)C1. The summed E-state index contributed by atoms with van der Waals surface area (Å²) in [4.78, 5) is 14.2. The first-order valence-corrected chi connectivity index (χ1v) is 11.5. The van der Waals surface area contributed by atoms with Crippen LogP contribution in [0.25, 0.3) is 0 Å². The molecule has 1 unspecified atom stereocenters. The number of aliphatic imine (C=N–C) groups is 1. The van der Waals surface area contributed by atoms with Gasteiger partial charge in [-0.2, -0.15) is 0 Å². The maximum atomic E-state index is 5.55. The van der Waals surface area contributed by atoms with Gasteiger partial charge in [0.1, 0.15) is 11.6 Å². The molecule has 0 saturated carbocycles. The van der Waals surface area contributed by atoms with Gasteiger partial charge in [0.2, 0.25) is 0 Å². The molecule has 8 nitrogen and oxygen atoms in total. The van der Waals surface area contributed by atoms with Crippen molar-refractivity contribution in [2.75, 3.05) is 62.8 Å². The lowest BCUT2D eigenvalue weighted by atomic mass is 10.2. The van der Waals surface area contributed by atoms with Crippen LogP contribution in [0, 0.1) is 0 Å². The normalized spacial score (nSPS) is 19.2. The lowest BCUT2D eigenvalue weighted by Crippen LogP contribution is -2.44. The molecule has 1 aromatic carbocycles. The number of guanidine groups is 1. The third kappa shape index (κ3) is 5.43. The van der Waals surface area contributed by atoms with Crippen molar-refractivity contribution in [3.63, 3.8) is 0 Å². The Morgan fingerprint density at radius 3 is 2.81 bits per heavy atom. The van der Waals surface area contributed by atoms with E-state index in [1.165, 1.54) is 0 Å². The molecule has 2 aliphatic heterocycles. The number of aromatic nitrogens is 1. The Morgan fingerprint density at radius 2 is 2.00 bits per heavy atom. The topological polar surface area (TPSA) is 74.2 Å². The van der Waals surface area contributed by atoms with Gasteiger partial charge in [-0.25, -0.2) is 9.98 Å². The third-order valence-electron chi connectivity index (χ3n) is 5.88. The highest BCUT2D eigenvalue weighted by Crippen LogP contribution is 2.30. The predicted molar refractivity (Wildman–Crippen MR) is 129 cm³/mol. The van der Waals surface area contributed by atoms with Crippen LogP contribution < -0.4 is 25.2 Å². The third-order valence-corrected chi connectivity index (χ3v) is 5.88. The molecule has 32 heavy (non-hydrogen) atoms. The van der Waals surface area contributed by atoms with Crippen LogP contribution in [0.15, 0.2) is 47.6 Å². The molecule has 0 aliphatic carbocycles. The van der Waals surface area contributed by atoms with Crippen LogP contribution in [0.4, 0.5) is 11.5 Å². The molecular formula is C24H34N6O2. The molecule has 2 aliphatic rings. The lowest BCUT2D eigenvalue weighted by molar-refractivity contribution is 0.122. The number of rotatable bonds is 7. The van der Waals surface area contributed by atoms with Crippen molar-refractivity contribution < 1.29 is 9.47 Å². The van der Waals surface area contributed by atoms with Gasteiger partial charge in [0.15, 0.2) is 5.96 Å². The summed E-state index contributed by atoms with van der Waals surface area (Å²) in [5, 5.41) is 7.02. The summed E-state index contributed by atoms with van der Waals surface area (Å²) in [6.07, 6.45) is 2.90. The summed E-state index contributed by atoms with van der Waals surface area (Å²) in [5.41, 5.74) is 2.28. The summed E-state index contributed by atoms with van der Waals surface area (Å²) in [6.45, 7) is 8.62. The number of morpholine rings is 1. The molecule has 0 radical (unpaired) electrons. The van der Waals surface area contributed by atoms with Crippen molar-refractivity contribution in [2.24, 2.45) is 4.99 Å². The minimum absolute atomic E-state index is 0.324. The fourth-order valence-electron chi connectivity index (χ4n) is 4.28. The van der Waals surface area contributed by atoms with Crippen molar-refractivity contribution in [1.82, 2.24) is 15.6 Å². The molecule has 1 aromatic heterocycles. The summed E-state index contributed by atoms with van der Waals surface area (Å²) >= 11 is 0. The molecule has 2 aromatic rings. The zero-order valence-electron chi connectivity index (χ0n) is 19.1. The number of benzene rings is 1. The van der Waals surface area contributed by atoms with Gasteiger partial charge in [0.05, 0.1) is 32.6 Å². The van der Waals surface area contributed by atoms with Gasteiger partial charge in [0, 0.05) is 50.5 Å². The fraction of sp³-hybridized carbons (Fsp3) is 0.500. The minimum Gasteiger partial charge on any atom is -0.495 e. The van der Waals surface area contributed by atoms with Crippen molar-refractivity contribution in [2.45, 2.75) is 25.9 Å². The van der Waals surface area contributed by atoms with Crippen LogP contribution in [0.5, 0.6) is 5.75 Å². The highest BCUT2D eigenvalue weighted by atomic mass is 16.5. The van der Waals surface area contributed by atoms with E-state index in [4.69, 9.17) is 14.5 Å². The molecule has 4 rings (SSSR count). The number of anilines is 2. The maximum absolute atomic E-state index is 5.55. The molecule has 0 amide bonds. The Balaban J connectivity index is 1.41. The van der Waals surface area contributed by atoms with Crippen molar-refractivity contribution in [1.29, 1.82) is 0 Å². The van der Waals surface area contributed by atoms with Crippen LogP contribution in [0.3, 0.4) is 0 Å². The highest BCUT2D eigenvalue weighted by molar-refractivity contribution is 5.80. The highest BCUT2D eigenvalue weighted by Gasteiger charge is 2.25. The van der Waals surface area contributed by atoms with Gasteiger partial charge in [-0.15, -0.1) is 0 Å². The summed E-state index contributed by atoms with van der Waals surface area (Å²) in [5.74, 6) is 2.77. The van der Waals surface area contributed by atoms with E-state index >= 15 is 0 Å². The summed E-state index contributed by atoms with van der Waals surface area (Å²) in [6, 6.07) is 12.6. The minimum atomic E-state index is 0.324. The van der Waals surface area contributed by atoms with Crippen molar-refractivity contribution >= 4 is 17.5 Å². The van der Waals surface area contributed by atoms with Crippen LogP contribution in [-0.4, -0.2) is 70.0 Å². The Bertz CT molecular complexity index is 900. The molecule has 2 fully saturated rings. The monoisotopic (exact) mass is 438 g/mol. The first-order valence-electron chi connectivity index (χ1n) is 11.5. The number of nitrogens with one attached hydrogen (secondary N) is 2. The van der Waals surface area contributed by atoms with Gasteiger partial charge < -0.3 is 29.9 Å². The number of hydrogen-bond donors (Lipinski definition) is 2. The Hall–Kier alpha value is -3.00. The van der Waals surface area contributed by atoms with Gasteiger partial charge >= 0.3 is 0 Å². The number of hydrogen-bond acceptors (Lipinski definition) is 6. The molecule has 0 spiro atoms. The molecule has 2 N–H and O–H groups in total. The average Bonchev–Trinajstić information content (AvgIpc) is 3.31. The zero-order chi connectivity index (χ0) is 22.2. The van der Waals surface area contributed by atoms with E-state index in [2.05, 4.69) is 50.5 Å². The van der Waals surface area contributed by atoms with Gasteiger partial charge in [-0.3, -0.25) is 0 Å². The number of ether oxygens (including phenoxy) is 2. The summed E-state index contributed by atoms with van der Waals surface area (Å²) < 4.78 is 11.0. The second-order valence-electron chi connectivity index (χ2n) is 8.03. The fourth-order valence-corrected chi connectivity index (χ4v) is 4.28. The number of pyridine rings is 1. The molecule has 3 heterocycles. The van der Waals surface area contributed by atoms with Crippen LogP contribution in [0.1, 0.15) is 18.9 Å². The smallest absolute Gasteiger partial charge is 0.191 e. The molecule has 2 saturated heterocycles. The predicted octanol–water partition coefficient (Wildman–Crippen LogP) is 2.26. The van der Waals surface area contributed by atoms with Crippen molar-refractivity contribution in [3.8, 4) is 5.75 Å². The molecule has 1 atom stereocenters. The Morgan fingerprint density at radius 1 is 1.16 bits per heavy atom. The Labute approximate surface area is 190 Å². The van der Waals surface area contributed by atoms with E-state index in [0.717, 1.165) is 81.1 Å². The average molecular weight is 439 g/mol. The summed E-state index contributed by atoms with van der Waals surface area (Å²) in [7, 11) is 1.73. The molecular weight excluding hydrogens is 404 g/mol. The second kappa shape index (κ2) is 11.0. The molecule has 172 valence electrons. The molecule has 8 heteroatoms. The van der Waals surface area contributed by atoms with Gasteiger partial charge in [0.25, 0.3) is 0 Å². The van der Waals surface area contributed by atoms with Gasteiger partial charge in [-0.05, 0) is 31.5 Å². The van der Waals surface area contributed by atoms with Crippen molar-refractivity contribution in [3.05, 3.63) is 48.2 Å². The number of para-hydroxylation sites is 2. The van der Waals surface area contributed by atoms with Crippen LogP contribution in [0.2, 0.25) is 0 Å². The maximum Gasteiger partial charge on any atom is 0.191 e. The van der Waals surface area contributed by atoms with E-state index in [9.17, 15) is 0 Å². The standard InChI is InChI=1S/C24H34N6O2/c1-3-25-24(27-17-19-7-6-11-26-23(19)29-13-15-32-16-14-29)28-20-10-12-30(18-20)21-8-4-5-9-22(21)31-2/h4-9,11,20H,3,10,12-18H2,1-2H3,(H2,25,27,28). The first-order chi connectivity index (χ1) is 15.8. The van der Waals surface area contributed by atoms with E-state index in [-0.39, 0.29) is 0 Å². The Kier molecular flexibility index (Phi) is 7.66. The van der Waals surface area contributed by atoms with E-state index in [0.29, 0.717) is 12.6 Å². The first kappa shape index (κ1) is 22.2. The molecule has 0 bridgehead atoms. The van der Waals surface area contributed by atoms with E-state index in [1.807, 2.05) is 24.4 Å². The number of methoxy groups -OCH3 is 1.